The van der Waals surface area contributed by atoms with E-state index >= 15 is 0 Å². The number of nitrogens with zero attached hydrogens (tertiary/aromatic N) is 2. The molecule has 2 aromatic carbocycles. The Hall–Kier alpha value is -3.70. The van der Waals surface area contributed by atoms with Crippen LogP contribution in [0.25, 0.3) is 11.3 Å². The van der Waals surface area contributed by atoms with E-state index in [9.17, 15) is 18.3 Å². The van der Waals surface area contributed by atoms with Crippen molar-refractivity contribution in [2.45, 2.75) is 71.9 Å². The van der Waals surface area contributed by atoms with Gasteiger partial charge in [0.1, 0.15) is 12.4 Å². The molecule has 0 saturated carbocycles. The minimum atomic E-state index is -4.24. The maximum absolute atomic E-state index is 13.3. The lowest BCUT2D eigenvalue weighted by atomic mass is 9.89. The fourth-order valence-corrected chi connectivity index (χ4v) is 5.22. The van der Waals surface area contributed by atoms with Gasteiger partial charge in [-0.05, 0) is 69.4 Å². The molecule has 0 aliphatic rings. The van der Waals surface area contributed by atoms with Gasteiger partial charge in [0.25, 0.3) is 10.0 Å². The molecule has 0 fully saturated rings. The number of carboxylic acids is 1. The molecule has 0 aliphatic heterocycles. The van der Waals surface area contributed by atoms with Crippen LogP contribution in [0.1, 0.15) is 62.5 Å². The number of sulfonamides is 1. The van der Waals surface area contributed by atoms with Crippen LogP contribution in [-0.2, 0) is 10.0 Å². The number of aryl methyl sites for hydroxylation is 1. The summed E-state index contributed by atoms with van der Waals surface area (Å²) >= 11 is 0. The summed E-state index contributed by atoms with van der Waals surface area (Å²) in [6, 6.07) is 10.3. The molecule has 3 aromatic rings. The number of benzene rings is 2. The molecule has 11 heteroatoms. The van der Waals surface area contributed by atoms with Gasteiger partial charge >= 0.3 is 5.97 Å². The summed E-state index contributed by atoms with van der Waals surface area (Å²) in [5.41, 5.74) is 8.69. The summed E-state index contributed by atoms with van der Waals surface area (Å²) in [6.07, 6.45) is 0.585. The van der Waals surface area contributed by atoms with E-state index in [2.05, 4.69) is 35.5 Å². The Balaban J connectivity index is 2.12. The first-order valence-corrected chi connectivity index (χ1v) is 14.5. The van der Waals surface area contributed by atoms with E-state index in [4.69, 9.17) is 15.2 Å². The third kappa shape index (κ3) is 7.92. The fraction of sp³-hybridized carbons (Fsp3) is 0.414. The maximum atomic E-state index is 13.3. The molecule has 40 heavy (non-hydrogen) atoms. The van der Waals surface area contributed by atoms with Crippen LogP contribution in [0, 0.1) is 19.3 Å². The monoisotopic (exact) mass is 570 g/mol. The van der Waals surface area contributed by atoms with Crippen LogP contribution in [0.2, 0.25) is 0 Å². The molecule has 1 aromatic heterocycles. The topological polar surface area (TPSA) is 154 Å². The molecular weight excluding hydrogens is 532 g/mol. The average molecular weight is 571 g/mol. The lowest BCUT2D eigenvalue weighted by molar-refractivity contribution is 0.0696. The number of ether oxygens (including phenoxy) is 2. The van der Waals surface area contributed by atoms with Crippen molar-refractivity contribution < 1.29 is 27.8 Å². The number of hydrogen-bond donors (Lipinski definition) is 3. The van der Waals surface area contributed by atoms with Gasteiger partial charge in [-0.15, -0.1) is 0 Å². The Morgan fingerprint density at radius 3 is 2.40 bits per heavy atom. The van der Waals surface area contributed by atoms with E-state index in [0.29, 0.717) is 29.0 Å². The van der Waals surface area contributed by atoms with Crippen LogP contribution in [0.4, 0.5) is 5.95 Å². The molecular formula is C29H38N4O6S. The maximum Gasteiger partial charge on any atom is 0.335 e. The number of carbonyl (C=O) groups is 1. The predicted molar refractivity (Wildman–Crippen MR) is 154 cm³/mol. The Labute approximate surface area is 236 Å². The lowest BCUT2D eigenvalue weighted by Gasteiger charge is -2.24. The first-order chi connectivity index (χ1) is 18.6. The van der Waals surface area contributed by atoms with Crippen molar-refractivity contribution in [2.24, 2.45) is 11.1 Å². The second-order valence-electron chi connectivity index (χ2n) is 11.2. The highest BCUT2D eigenvalue weighted by molar-refractivity contribution is 7.92. The number of aromatic carboxylic acids is 1. The molecule has 4 N–H and O–H groups in total. The van der Waals surface area contributed by atoms with E-state index < -0.39 is 16.0 Å². The van der Waals surface area contributed by atoms with Gasteiger partial charge in [-0.25, -0.2) is 22.9 Å². The highest BCUT2D eigenvalue weighted by Gasteiger charge is 2.24. The fourth-order valence-electron chi connectivity index (χ4n) is 4.23. The zero-order chi connectivity index (χ0) is 29.8. The van der Waals surface area contributed by atoms with Crippen molar-refractivity contribution in [3.05, 3.63) is 59.2 Å². The van der Waals surface area contributed by atoms with Crippen molar-refractivity contribution in [2.75, 3.05) is 11.3 Å². The number of aromatic nitrogens is 2. The summed E-state index contributed by atoms with van der Waals surface area (Å²) in [7, 11) is -4.24. The summed E-state index contributed by atoms with van der Waals surface area (Å²) in [5, 5.41) is 9.30. The molecule has 1 heterocycles. The minimum Gasteiger partial charge on any atom is -0.490 e. The molecule has 3 rings (SSSR count). The SMILES string of the molecule is Cc1cccc(OC(C)C)c1-c1nc(NS(=O)(=O)c2cccc(C(=O)O)c2)nc(OC[C@H](N)CC(C)(C)C)c1C. The second-order valence-corrected chi connectivity index (χ2v) is 12.9. The highest BCUT2D eigenvalue weighted by Crippen LogP contribution is 2.38. The third-order valence-electron chi connectivity index (χ3n) is 5.86. The van der Waals surface area contributed by atoms with Crippen molar-refractivity contribution in [1.29, 1.82) is 0 Å². The van der Waals surface area contributed by atoms with Gasteiger partial charge in [0.2, 0.25) is 11.8 Å². The van der Waals surface area contributed by atoms with E-state index in [0.717, 1.165) is 11.6 Å². The predicted octanol–water partition coefficient (Wildman–Crippen LogP) is 5.19. The molecule has 0 unspecified atom stereocenters. The summed E-state index contributed by atoms with van der Waals surface area (Å²) in [6.45, 7) is 13.9. The number of nitrogens with one attached hydrogen (secondary N) is 1. The first kappa shape index (κ1) is 30.8. The zero-order valence-corrected chi connectivity index (χ0v) is 24.8. The van der Waals surface area contributed by atoms with E-state index in [1.165, 1.54) is 18.2 Å². The highest BCUT2D eigenvalue weighted by atomic mass is 32.2. The second kappa shape index (κ2) is 12.2. The van der Waals surface area contributed by atoms with Crippen LogP contribution >= 0.6 is 0 Å². The smallest absolute Gasteiger partial charge is 0.335 e. The van der Waals surface area contributed by atoms with Crippen molar-refractivity contribution >= 4 is 21.9 Å². The molecule has 0 spiro atoms. The first-order valence-electron chi connectivity index (χ1n) is 13.0. The Morgan fingerprint density at radius 2 is 1.77 bits per heavy atom. The molecule has 0 amide bonds. The van der Waals surface area contributed by atoms with Crippen LogP contribution in [-0.4, -0.2) is 48.2 Å². The van der Waals surface area contributed by atoms with Gasteiger partial charge in [0.15, 0.2) is 0 Å². The van der Waals surface area contributed by atoms with E-state index in [1.54, 1.807) is 6.92 Å². The van der Waals surface area contributed by atoms with Gasteiger partial charge in [-0.3, -0.25) is 0 Å². The van der Waals surface area contributed by atoms with Gasteiger partial charge in [-0.1, -0.05) is 39.0 Å². The quantitative estimate of drug-likeness (QED) is 0.283. The van der Waals surface area contributed by atoms with E-state index in [-0.39, 0.29) is 46.5 Å². The van der Waals surface area contributed by atoms with Crippen molar-refractivity contribution in [1.82, 2.24) is 9.97 Å². The molecule has 0 saturated heterocycles. The van der Waals surface area contributed by atoms with E-state index in [1.807, 2.05) is 39.0 Å². The summed E-state index contributed by atoms with van der Waals surface area (Å²) in [4.78, 5) is 20.1. The van der Waals surface area contributed by atoms with Crippen LogP contribution in [0.3, 0.4) is 0 Å². The molecule has 216 valence electrons. The van der Waals surface area contributed by atoms with Crippen LogP contribution in [0.15, 0.2) is 47.4 Å². The van der Waals surface area contributed by atoms with Crippen molar-refractivity contribution in [3.8, 4) is 22.9 Å². The average Bonchev–Trinajstić information content (AvgIpc) is 2.83. The molecule has 1 atom stereocenters. The standard InChI is InChI=1S/C29H38N4O6S/c1-17(2)39-23-13-8-10-18(3)24(23)25-19(4)26(38-16-21(30)15-29(5,6)7)32-28(31-25)33-40(36,37)22-12-9-11-20(14-22)27(34)35/h8-14,17,21H,15-16,30H2,1-7H3,(H,34,35)(H,31,32,33)/t21-/m1/s1. The Kier molecular flexibility index (Phi) is 9.42. The van der Waals surface area contributed by atoms with Gasteiger partial charge in [0.05, 0.1) is 22.3 Å². The minimum absolute atomic E-state index is 0.00975. The van der Waals surface area contributed by atoms with Crippen LogP contribution < -0.4 is 19.9 Å². The molecule has 0 radical (unpaired) electrons. The number of carboxylic acid groups (broad SMARTS) is 1. The normalized spacial score (nSPS) is 12.7. The van der Waals surface area contributed by atoms with Crippen LogP contribution in [0.5, 0.6) is 11.6 Å². The van der Waals surface area contributed by atoms with Gasteiger partial charge in [-0.2, -0.15) is 4.98 Å². The molecule has 0 aliphatic carbocycles. The summed E-state index contributed by atoms with van der Waals surface area (Å²) < 4.78 is 41.0. The van der Waals surface area contributed by atoms with Gasteiger partial charge in [0, 0.05) is 17.2 Å². The number of rotatable bonds is 11. The zero-order valence-electron chi connectivity index (χ0n) is 24.0. The number of nitrogens with two attached hydrogens (primary N) is 1. The van der Waals surface area contributed by atoms with Gasteiger partial charge < -0.3 is 20.3 Å². The number of hydrogen-bond acceptors (Lipinski definition) is 8. The summed E-state index contributed by atoms with van der Waals surface area (Å²) in [5.74, 6) is -0.731. The lowest BCUT2D eigenvalue weighted by Crippen LogP contribution is -2.32. The molecule has 10 nitrogen and oxygen atoms in total. The van der Waals surface area contributed by atoms with Crippen molar-refractivity contribution in [3.63, 3.8) is 0 Å². The largest absolute Gasteiger partial charge is 0.490 e. The number of anilines is 1. The Bertz CT molecular complexity index is 1480. The molecule has 0 bridgehead atoms. The third-order valence-corrected chi connectivity index (χ3v) is 7.19. The Morgan fingerprint density at radius 1 is 1.10 bits per heavy atom.